The molecule has 1 saturated heterocycles. The number of hydrogen-bond acceptors (Lipinski definition) is 4. The third kappa shape index (κ3) is 4.92. The highest BCUT2D eigenvalue weighted by atomic mass is 16.7. The van der Waals surface area contributed by atoms with Crippen molar-refractivity contribution in [3.8, 4) is 0 Å². The van der Waals surface area contributed by atoms with Crippen LogP contribution < -0.4 is 0 Å². The van der Waals surface area contributed by atoms with Gasteiger partial charge in [-0.05, 0) is 13.3 Å². The highest BCUT2D eigenvalue weighted by Gasteiger charge is 2.37. The summed E-state index contributed by atoms with van der Waals surface area (Å²) in [6.45, 7) is 4.62. The molecule has 2 N–H and O–H groups in total. The molecule has 1 rings (SSSR count). The van der Waals surface area contributed by atoms with Crippen LogP contribution in [0.2, 0.25) is 0 Å². The largest absolute Gasteiger partial charge is 0.396 e. The Balaban J connectivity index is 2.19. The fourth-order valence-corrected chi connectivity index (χ4v) is 2.26. The maximum Gasteiger partial charge on any atom is 0.158 e. The minimum Gasteiger partial charge on any atom is -0.396 e. The Labute approximate surface area is 104 Å². The van der Waals surface area contributed by atoms with E-state index < -0.39 is 6.10 Å². The molecule has 0 aromatic carbocycles. The number of unbranched alkanes of at least 4 members (excludes halogenated alkanes) is 3. The Bertz CT molecular complexity index is 196. The van der Waals surface area contributed by atoms with Crippen molar-refractivity contribution >= 4 is 0 Å². The quantitative estimate of drug-likeness (QED) is 0.640. The number of aliphatic hydroxyl groups excluding tert-OH is 2. The van der Waals surface area contributed by atoms with E-state index >= 15 is 0 Å². The molecule has 0 bridgehead atoms. The van der Waals surface area contributed by atoms with Crippen LogP contribution in [0.3, 0.4) is 0 Å². The maximum atomic E-state index is 9.52. The summed E-state index contributed by atoms with van der Waals surface area (Å²) >= 11 is 0. The molecule has 4 heteroatoms. The highest BCUT2D eigenvalue weighted by Crippen LogP contribution is 2.29. The Kier molecular flexibility index (Phi) is 7.04. The van der Waals surface area contributed by atoms with Crippen LogP contribution in [0, 0.1) is 5.92 Å². The molecule has 0 aromatic rings. The molecule has 4 unspecified atom stereocenters. The van der Waals surface area contributed by atoms with E-state index in [1.54, 1.807) is 6.92 Å². The predicted octanol–water partition coefficient (Wildman–Crippen LogP) is 1.69. The van der Waals surface area contributed by atoms with Gasteiger partial charge in [-0.25, -0.2) is 0 Å². The summed E-state index contributed by atoms with van der Waals surface area (Å²) in [7, 11) is 0. The van der Waals surface area contributed by atoms with Crippen LogP contribution in [0.15, 0.2) is 0 Å². The molecule has 0 radical (unpaired) electrons. The smallest absolute Gasteiger partial charge is 0.158 e. The average Bonchev–Trinajstić information content (AvgIpc) is 2.72. The fraction of sp³-hybridized carbons (Fsp3) is 1.00. The van der Waals surface area contributed by atoms with Gasteiger partial charge in [-0.1, -0.05) is 26.2 Å². The molecule has 0 saturated carbocycles. The summed E-state index contributed by atoms with van der Waals surface area (Å²) in [5.74, 6) is -0.00404. The molecular weight excluding hydrogens is 220 g/mol. The van der Waals surface area contributed by atoms with Crippen molar-refractivity contribution in [2.75, 3.05) is 13.2 Å². The van der Waals surface area contributed by atoms with Crippen molar-refractivity contribution in [3.63, 3.8) is 0 Å². The molecular formula is C13H26O4. The maximum absolute atomic E-state index is 9.52. The van der Waals surface area contributed by atoms with Crippen molar-refractivity contribution in [3.05, 3.63) is 0 Å². The number of aliphatic hydroxyl groups is 2. The van der Waals surface area contributed by atoms with Gasteiger partial charge >= 0.3 is 0 Å². The first-order chi connectivity index (χ1) is 8.19. The topological polar surface area (TPSA) is 58.9 Å². The summed E-state index contributed by atoms with van der Waals surface area (Å²) in [6.07, 6.45) is 4.28. The second kappa shape index (κ2) is 8.03. The third-order valence-electron chi connectivity index (χ3n) is 3.28. The van der Waals surface area contributed by atoms with E-state index in [1.165, 1.54) is 19.3 Å². The number of ether oxygens (including phenoxy) is 2. The van der Waals surface area contributed by atoms with Gasteiger partial charge in [0.15, 0.2) is 6.29 Å². The minimum absolute atomic E-state index is 0.00404. The molecule has 4 nitrogen and oxygen atoms in total. The highest BCUT2D eigenvalue weighted by molar-refractivity contribution is 4.81. The van der Waals surface area contributed by atoms with E-state index in [-0.39, 0.29) is 24.9 Å². The zero-order valence-corrected chi connectivity index (χ0v) is 11.0. The normalized spacial score (nSPS) is 30.7. The van der Waals surface area contributed by atoms with Gasteiger partial charge in [-0.2, -0.15) is 0 Å². The Morgan fingerprint density at radius 3 is 2.65 bits per heavy atom. The molecule has 17 heavy (non-hydrogen) atoms. The van der Waals surface area contributed by atoms with E-state index in [4.69, 9.17) is 9.47 Å². The summed E-state index contributed by atoms with van der Waals surface area (Å²) in [6, 6.07) is 0. The van der Waals surface area contributed by atoms with Gasteiger partial charge < -0.3 is 19.7 Å². The molecule has 1 aliphatic heterocycles. The molecule has 0 aromatic heterocycles. The number of rotatable bonds is 8. The lowest BCUT2D eigenvalue weighted by molar-refractivity contribution is -0.154. The SMILES string of the molecule is CCCCCCOC1CC(CO)C(C(C)O)O1. The van der Waals surface area contributed by atoms with Gasteiger partial charge in [0.1, 0.15) is 0 Å². The Morgan fingerprint density at radius 2 is 2.12 bits per heavy atom. The molecule has 0 amide bonds. The van der Waals surface area contributed by atoms with Gasteiger partial charge in [0.05, 0.1) is 12.2 Å². The van der Waals surface area contributed by atoms with Gasteiger partial charge in [0.2, 0.25) is 0 Å². The Hall–Kier alpha value is -0.160. The molecule has 0 aliphatic carbocycles. The van der Waals surface area contributed by atoms with Crippen molar-refractivity contribution < 1.29 is 19.7 Å². The molecule has 102 valence electrons. The Morgan fingerprint density at radius 1 is 1.35 bits per heavy atom. The standard InChI is InChI=1S/C13H26O4/c1-3-4-5-6-7-16-12-8-11(9-14)13(17-12)10(2)15/h10-15H,3-9H2,1-2H3. The zero-order chi connectivity index (χ0) is 12.7. The molecule has 4 atom stereocenters. The lowest BCUT2D eigenvalue weighted by Crippen LogP contribution is -2.30. The van der Waals surface area contributed by atoms with E-state index in [1.807, 2.05) is 0 Å². The van der Waals surface area contributed by atoms with Crippen LogP contribution >= 0.6 is 0 Å². The lowest BCUT2D eigenvalue weighted by atomic mass is 9.99. The van der Waals surface area contributed by atoms with Gasteiger partial charge in [0.25, 0.3) is 0 Å². The first kappa shape index (κ1) is 14.9. The second-order valence-corrected chi connectivity index (χ2v) is 4.88. The van der Waals surface area contributed by atoms with Crippen molar-refractivity contribution in [2.45, 2.75) is 64.4 Å². The van der Waals surface area contributed by atoms with Crippen LogP contribution in [0.5, 0.6) is 0 Å². The minimum atomic E-state index is -0.555. The van der Waals surface area contributed by atoms with Crippen LogP contribution in [0.25, 0.3) is 0 Å². The van der Waals surface area contributed by atoms with Crippen LogP contribution in [-0.4, -0.2) is 41.9 Å². The monoisotopic (exact) mass is 246 g/mol. The lowest BCUT2D eigenvalue weighted by Gasteiger charge is -2.19. The first-order valence-corrected chi connectivity index (χ1v) is 6.75. The van der Waals surface area contributed by atoms with Crippen molar-refractivity contribution in [2.24, 2.45) is 5.92 Å². The van der Waals surface area contributed by atoms with Gasteiger partial charge in [0, 0.05) is 25.6 Å². The summed E-state index contributed by atoms with van der Waals surface area (Å²) < 4.78 is 11.2. The molecule has 1 fully saturated rings. The molecule has 1 aliphatic rings. The fourth-order valence-electron chi connectivity index (χ4n) is 2.26. The predicted molar refractivity (Wildman–Crippen MR) is 65.6 cm³/mol. The van der Waals surface area contributed by atoms with E-state index in [0.29, 0.717) is 13.0 Å². The average molecular weight is 246 g/mol. The van der Waals surface area contributed by atoms with E-state index in [9.17, 15) is 10.2 Å². The summed E-state index contributed by atoms with van der Waals surface area (Å²) in [5, 5.41) is 18.7. The first-order valence-electron chi connectivity index (χ1n) is 6.75. The second-order valence-electron chi connectivity index (χ2n) is 4.88. The molecule has 0 spiro atoms. The molecule has 1 heterocycles. The van der Waals surface area contributed by atoms with Gasteiger partial charge in [-0.3, -0.25) is 0 Å². The van der Waals surface area contributed by atoms with Crippen molar-refractivity contribution in [1.82, 2.24) is 0 Å². The van der Waals surface area contributed by atoms with E-state index in [2.05, 4.69) is 6.92 Å². The summed E-state index contributed by atoms with van der Waals surface area (Å²) in [4.78, 5) is 0. The van der Waals surface area contributed by atoms with Gasteiger partial charge in [-0.15, -0.1) is 0 Å². The van der Waals surface area contributed by atoms with Crippen LogP contribution in [0.1, 0.15) is 46.0 Å². The zero-order valence-electron chi connectivity index (χ0n) is 11.0. The van der Waals surface area contributed by atoms with E-state index in [0.717, 1.165) is 6.42 Å². The summed E-state index contributed by atoms with van der Waals surface area (Å²) in [5.41, 5.74) is 0. The van der Waals surface area contributed by atoms with Crippen molar-refractivity contribution in [1.29, 1.82) is 0 Å². The van der Waals surface area contributed by atoms with Crippen LogP contribution in [0.4, 0.5) is 0 Å². The third-order valence-corrected chi connectivity index (χ3v) is 3.28. The number of hydrogen-bond donors (Lipinski definition) is 2. The van der Waals surface area contributed by atoms with Crippen LogP contribution in [-0.2, 0) is 9.47 Å².